The molecule has 2 N–H and O–H groups in total. The number of aliphatic hydroxyl groups excluding tert-OH is 2. The number of hydrogen-bond donors (Lipinski definition) is 2. The number of carbonyl (C=O) groups is 1. The van der Waals surface area contributed by atoms with Gasteiger partial charge in [-0.2, -0.15) is 0 Å². The molecule has 0 fully saturated rings. The number of aliphatic hydroxyl groups is 2. The summed E-state index contributed by atoms with van der Waals surface area (Å²) in [5.41, 5.74) is 0. The maximum atomic E-state index is 10.8. The predicted octanol–water partition coefficient (Wildman–Crippen LogP) is 1.19. The number of terminal acetylenes is 1. The molecule has 20 heavy (non-hydrogen) atoms. The van der Waals surface area contributed by atoms with Gasteiger partial charge in [-0.1, -0.05) is 30.1 Å². The van der Waals surface area contributed by atoms with Crippen molar-refractivity contribution >= 4 is 5.97 Å². The highest BCUT2D eigenvalue weighted by Crippen LogP contribution is 2.01. The van der Waals surface area contributed by atoms with Gasteiger partial charge >= 0.3 is 5.97 Å². The summed E-state index contributed by atoms with van der Waals surface area (Å²) in [6.45, 7) is 0. The van der Waals surface area contributed by atoms with Crippen LogP contribution < -0.4 is 0 Å². The smallest absolute Gasteiger partial charge is 0.305 e. The largest absolute Gasteiger partial charge is 0.469 e. The van der Waals surface area contributed by atoms with E-state index in [1.165, 1.54) is 7.11 Å². The molecule has 0 unspecified atom stereocenters. The Labute approximate surface area is 120 Å². The minimum Gasteiger partial charge on any atom is -0.469 e. The first-order valence-electron chi connectivity index (χ1n) is 6.31. The van der Waals surface area contributed by atoms with Crippen LogP contribution in [-0.2, 0) is 9.53 Å². The van der Waals surface area contributed by atoms with Crippen LogP contribution in [0, 0.1) is 24.2 Å². The molecule has 4 heteroatoms. The van der Waals surface area contributed by atoms with Gasteiger partial charge in [0.15, 0.2) is 0 Å². The maximum Gasteiger partial charge on any atom is 0.305 e. The molecule has 0 heterocycles. The number of esters is 1. The predicted molar refractivity (Wildman–Crippen MR) is 77.4 cm³/mol. The van der Waals surface area contributed by atoms with Crippen LogP contribution in [0.3, 0.4) is 0 Å². The van der Waals surface area contributed by atoms with Crippen LogP contribution in [-0.4, -0.2) is 35.5 Å². The van der Waals surface area contributed by atoms with Gasteiger partial charge in [-0.3, -0.25) is 4.79 Å². The van der Waals surface area contributed by atoms with E-state index >= 15 is 0 Å². The van der Waals surface area contributed by atoms with Crippen molar-refractivity contribution in [2.24, 2.45) is 0 Å². The standard InChI is InChI=1S/C16H20O4/c1-3-9-14(17)10-6-4-5-7-11-15(18)12-8-13-16(19)20-2/h1,4-6,10,14-15,17-18H,8-9,12-13H2,2H3/t14-,15-/m1/s1. The molecule has 0 saturated heterocycles. The van der Waals surface area contributed by atoms with Gasteiger partial charge in [0, 0.05) is 12.8 Å². The van der Waals surface area contributed by atoms with E-state index in [0.717, 1.165) is 0 Å². The lowest BCUT2D eigenvalue weighted by molar-refractivity contribution is -0.140. The highest BCUT2D eigenvalue weighted by Gasteiger charge is 2.03. The molecular weight excluding hydrogens is 256 g/mol. The summed E-state index contributed by atoms with van der Waals surface area (Å²) < 4.78 is 4.49. The fraction of sp³-hybridized carbons (Fsp3) is 0.438. The van der Waals surface area contributed by atoms with Gasteiger partial charge < -0.3 is 14.9 Å². The molecule has 0 aromatic heterocycles. The molecule has 0 bridgehead atoms. The number of rotatable bonds is 7. The second-order valence-electron chi connectivity index (χ2n) is 3.99. The highest BCUT2D eigenvalue weighted by atomic mass is 16.5. The van der Waals surface area contributed by atoms with Crippen LogP contribution in [0.2, 0.25) is 0 Å². The lowest BCUT2D eigenvalue weighted by Crippen LogP contribution is -2.05. The summed E-state index contributed by atoms with van der Waals surface area (Å²) in [5.74, 6) is 7.35. The van der Waals surface area contributed by atoms with Crippen molar-refractivity contribution in [1.29, 1.82) is 0 Å². The van der Waals surface area contributed by atoms with Crippen molar-refractivity contribution in [3.05, 3.63) is 24.3 Å². The number of methoxy groups -OCH3 is 1. The van der Waals surface area contributed by atoms with Gasteiger partial charge in [-0.15, -0.1) is 12.3 Å². The molecule has 0 aliphatic carbocycles. The van der Waals surface area contributed by atoms with E-state index in [9.17, 15) is 15.0 Å². The van der Waals surface area contributed by atoms with Gasteiger partial charge in [0.25, 0.3) is 0 Å². The zero-order valence-corrected chi connectivity index (χ0v) is 11.6. The van der Waals surface area contributed by atoms with Gasteiger partial charge in [0.1, 0.15) is 6.10 Å². The van der Waals surface area contributed by atoms with Gasteiger partial charge in [0.2, 0.25) is 0 Å². The van der Waals surface area contributed by atoms with Crippen LogP contribution in [0.1, 0.15) is 25.7 Å². The molecule has 0 aromatic carbocycles. The average Bonchev–Trinajstić information content (AvgIpc) is 2.42. The average molecular weight is 276 g/mol. The third-order valence-electron chi connectivity index (χ3n) is 2.29. The van der Waals surface area contributed by atoms with Crippen molar-refractivity contribution in [3.63, 3.8) is 0 Å². The number of carbonyl (C=O) groups excluding carboxylic acids is 1. The molecule has 0 amide bonds. The monoisotopic (exact) mass is 276 g/mol. The number of ether oxygens (including phenoxy) is 1. The third-order valence-corrected chi connectivity index (χ3v) is 2.29. The summed E-state index contributed by atoms with van der Waals surface area (Å²) in [6.07, 6.45) is 11.5. The molecule has 0 aliphatic heterocycles. The van der Waals surface area contributed by atoms with Crippen molar-refractivity contribution in [1.82, 2.24) is 0 Å². The van der Waals surface area contributed by atoms with E-state index in [1.54, 1.807) is 24.3 Å². The molecule has 4 nitrogen and oxygen atoms in total. The lowest BCUT2D eigenvalue weighted by Gasteiger charge is -2.01. The van der Waals surface area contributed by atoms with Gasteiger partial charge in [-0.25, -0.2) is 0 Å². The van der Waals surface area contributed by atoms with E-state index < -0.39 is 12.2 Å². The zero-order valence-electron chi connectivity index (χ0n) is 11.6. The first kappa shape index (κ1) is 18.0. The van der Waals surface area contributed by atoms with Crippen molar-refractivity contribution < 1.29 is 19.7 Å². The Morgan fingerprint density at radius 2 is 2.15 bits per heavy atom. The van der Waals surface area contributed by atoms with Crippen LogP contribution in [0.25, 0.3) is 0 Å². The second-order valence-corrected chi connectivity index (χ2v) is 3.99. The molecular formula is C16H20O4. The Balaban J connectivity index is 3.90. The summed E-state index contributed by atoms with van der Waals surface area (Å²) in [4.78, 5) is 10.8. The Morgan fingerprint density at radius 1 is 1.40 bits per heavy atom. The Morgan fingerprint density at radius 3 is 2.80 bits per heavy atom. The Hall–Kier alpha value is -2.01. The van der Waals surface area contributed by atoms with Crippen molar-refractivity contribution in [3.8, 4) is 24.2 Å². The third kappa shape index (κ3) is 11.1. The molecule has 108 valence electrons. The maximum absolute atomic E-state index is 10.8. The Bertz CT molecular complexity index is 432. The minimum absolute atomic E-state index is 0.273. The van der Waals surface area contributed by atoms with Crippen LogP contribution >= 0.6 is 0 Å². The lowest BCUT2D eigenvalue weighted by atomic mass is 10.1. The molecule has 0 saturated carbocycles. The van der Waals surface area contributed by atoms with Crippen molar-refractivity contribution in [2.45, 2.75) is 37.9 Å². The van der Waals surface area contributed by atoms with Crippen LogP contribution in [0.4, 0.5) is 0 Å². The van der Waals surface area contributed by atoms with E-state index in [4.69, 9.17) is 6.42 Å². The molecule has 0 rings (SSSR count). The first-order valence-corrected chi connectivity index (χ1v) is 6.31. The molecule has 0 aliphatic rings. The fourth-order valence-corrected chi connectivity index (χ4v) is 1.24. The molecule has 0 aromatic rings. The van der Waals surface area contributed by atoms with Crippen LogP contribution in [0.5, 0.6) is 0 Å². The molecule has 0 radical (unpaired) electrons. The van der Waals surface area contributed by atoms with E-state index in [1.807, 2.05) is 0 Å². The fourth-order valence-electron chi connectivity index (χ4n) is 1.24. The molecule has 2 atom stereocenters. The Kier molecular flexibility index (Phi) is 10.8. The van der Waals surface area contributed by atoms with Crippen molar-refractivity contribution in [2.75, 3.05) is 7.11 Å². The first-order chi connectivity index (χ1) is 9.60. The van der Waals surface area contributed by atoms with Crippen LogP contribution in [0.15, 0.2) is 24.3 Å². The van der Waals surface area contributed by atoms with E-state index in [0.29, 0.717) is 12.8 Å². The van der Waals surface area contributed by atoms with E-state index in [-0.39, 0.29) is 18.8 Å². The highest BCUT2D eigenvalue weighted by molar-refractivity contribution is 5.68. The topological polar surface area (TPSA) is 66.8 Å². The van der Waals surface area contributed by atoms with Gasteiger partial charge in [-0.05, 0) is 18.9 Å². The van der Waals surface area contributed by atoms with E-state index in [2.05, 4.69) is 22.5 Å². The summed E-state index contributed by atoms with van der Waals surface area (Å²) >= 11 is 0. The minimum atomic E-state index is -0.764. The quantitative estimate of drug-likeness (QED) is 0.416. The molecule has 0 spiro atoms. The van der Waals surface area contributed by atoms with Gasteiger partial charge in [0.05, 0.1) is 13.2 Å². The zero-order chi connectivity index (χ0) is 15.2. The SMILES string of the molecule is C#CC[C@@H](O)C=CC=CC#C[C@@H](O)CCCC(=O)OC. The number of hydrogen-bond acceptors (Lipinski definition) is 4. The normalized spacial score (nSPS) is 13.5. The number of allylic oxidation sites excluding steroid dienone is 3. The summed E-state index contributed by atoms with van der Waals surface area (Å²) in [7, 11) is 1.33. The second kappa shape index (κ2) is 12.0. The summed E-state index contributed by atoms with van der Waals surface area (Å²) in [5, 5.41) is 18.8. The summed E-state index contributed by atoms with van der Waals surface area (Å²) in [6, 6.07) is 0.